The molecule has 0 fully saturated rings. The molecular weight excluding hydrogens is 507 g/mol. The third-order valence-electron chi connectivity index (χ3n) is 5.31. The Morgan fingerprint density at radius 2 is 1.74 bits per heavy atom. The number of ether oxygens (including phenoxy) is 4. The van der Waals surface area contributed by atoms with Crippen LogP contribution in [0.1, 0.15) is 28.8 Å². The first-order chi connectivity index (χ1) is 18.9. The second-order valence-corrected chi connectivity index (χ2v) is 8.36. The zero-order valence-corrected chi connectivity index (χ0v) is 22.0. The predicted molar refractivity (Wildman–Crippen MR) is 144 cm³/mol. The van der Waals surface area contributed by atoms with Gasteiger partial charge in [0.25, 0.3) is 5.91 Å². The normalized spacial score (nSPS) is 12.1. The molecule has 0 aliphatic carbocycles. The molecule has 0 saturated carbocycles. The summed E-state index contributed by atoms with van der Waals surface area (Å²) in [5.41, 5.74) is 0.681. The van der Waals surface area contributed by atoms with Crippen molar-refractivity contribution in [3.8, 4) is 5.75 Å². The maximum atomic E-state index is 14.5. The quantitative estimate of drug-likeness (QED) is 0.169. The highest BCUT2D eigenvalue weighted by Gasteiger charge is 2.29. The number of hydrogen-bond acceptors (Lipinski definition) is 7. The summed E-state index contributed by atoms with van der Waals surface area (Å²) in [4.78, 5) is 38.9. The van der Waals surface area contributed by atoms with E-state index < -0.39 is 35.7 Å². The van der Waals surface area contributed by atoms with E-state index in [2.05, 4.69) is 23.8 Å². The summed E-state index contributed by atoms with van der Waals surface area (Å²) >= 11 is 0. The molecule has 0 aliphatic rings. The molecule has 2 atom stereocenters. The van der Waals surface area contributed by atoms with Crippen molar-refractivity contribution in [1.82, 2.24) is 10.6 Å². The van der Waals surface area contributed by atoms with E-state index in [-0.39, 0.29) is 44.3 Å². The zero-order valence-electron chi connectivity index (χ0n) is 22.0. The molecule has 2 aromatic carbocycles. The molecule has 2 N–H and O–H groups in total. The highest BCUT2D eigenvalue weighted by atomic mass is 19.1. The lowest BCUT2D eigenvalue weighted by molar-refractivity contribution is -0.151. The van der Waals surface area contributed by atoms with E-state index >= 15 is 0 Å². The predicted octanol–water partition coefficient (Wildman–Crippen LogP) is 3.35. The number of methoxy groups -OCH3 is 1. The number of hydrogen-bond donors (Lipinski definition) is 2. The number of nitrogens with one attached hydrogen (secondary N) is 2. The van der Waals surface area contributed by atoms with Crippen LogP contribution >= 0.6 is 0 Å². The molecule has 0 aliphatic heterocycles. The van der Waals surface area contributed by atoms with Gasteiger partial charge in [-0.1, -0.05) is 48.6 Å². The van der Waals surface area contributed by atoms with Crippen molar-refractivity contribution in [2.75, 3.05) is 33.5 Å². The average molecular weight is 543 g/mol. The van der Waals surface area contributed by atoms with Crippen LogP contribution in [0.5, 0.6) is 5.75 Å². The highest BCUT2D eigenvalue weighted by Crippen LogP contribution is 2.23. The number of amides is 2. The molecule has 0 unspecified atom stereocenters. The van der Waals surface area contributed by atoms with Crippen LogP contribution in [-0.2, 0) is 30.4 Å². The molecule has 0 radical (unpaired) electrons. The molecule has 2 rings (SSSR count). The Balaban J connectivity index is 2.12. The molecule has 0 aromatic heterocycles. The third-order valence-corrected chi connectivity index (χ3v) is 5.31. The topological polar surface area (TPSA) is 112 Å². The molecule has 2 amide bonds. The molecule has 39 heavy (non-hydrogen) atoms. The summed E-state index contributed by atoms with van der Waals surface area (Å²) in [7, 11) is 1.35. The third kappa shape index (κ3) is 10.7. The van der Waals surface area contributed by atoms with Crippen molar-refractivity contribution in [1.29, 1.82) is 0 Å². The molecule has 0 bridgehead atoms. The SMILES string of the molecule is C=CCCCOc1c(F)cccc1C(=O)N[C@@H](COC)C(=O)N[C@@H](COCC=C)C(=O)OCc1ccccc1. The Bertz CT molecular complexity index is 1090. The lowest BCUT2D eigenvalue weighted by Gasteiger charge is -2.22. The van der Waals surface area contributed by atoms with Crippen LogP contribution in [0.15, 0.2) is 73.8 Å². The number of carbonyl (C=O) groups is 3. The molecular formula is C29H35FN2O7. The van der Waals surface area contributed by atoms with Gasteiger partial charge in [0.2, 0.25) is 5.91 Å². The van der Waals surface area contributed by atoms with Crippen molar-refractivity contribution in [2.24, 2.45) is 0 Å². The van der Waals surface area contributed by atoms with Gasteiger partial charge < -0.3 is 29.6 Å². The van der Waals surface area contributed by atoms with Crippen LogP contribution in [0, 0.1) is 5.82 Å². The van der Waals surface area contributed by atoms with Gasteiger partial charge in [-0.05, 0) is 30.5 Å². The average Bonchev–Trinajstić information content (AvgIpc) is 2.94. The molecule has 9 nitrogen and oxygen atoms in total. The van der Waals surface area contributed by atoms with Crippen LogP contribution in [0.3, 0.4) is 0 Å². The van der Waals surface area contributed by atoms with Gasteiger partial charge in [0.15, 0.2) is 17.6 Å². The van der Waals surface area contributed by atoms with Gasteiger partial charge in [-0.2, -0.15) is 0 Å². The summed E-state index contributed by atoms with van der Waals surface area (Å²) in [6.07, 6.45) is 4.46. The Hall–Kier alpha value is -4.02. The number of rotatable bonds is 18. The van der Waals surface area contributed by atoms with Crippen molar-refractivity contribution >= 4 is 17.8 Å². The summed E-state index contributed by atoms with van der Waals surface area (Å²) in [6.45, 7) is 7.10. The van der Waals surface area contributed by atoms with E-state index in [1.807, 2.05) is 18.2 Å². The first-order valence-corrected chi connectivity index (χ1v) is 12.4. The van der Waals surface area contributed by atoms with E-state index in [0.717, 1.165) is 5.56 Å². The number of esters is 1. The molecule has 0 heterocycles. The van der Waals surface area contributed by atoms with Crippen molar-refractivity contribution < 1.29 is 37.7 Å². The molecule has 210 valence electrons. The Morgan fingerprint density at radius 1 is 0.974 bits per heavy atom. The number of benzene rings is 2. The minimum atomic E-state index is -1.22. The Morgan fingerprint density at radius 3 is 2.44 bits per heavy atom. The molecule has 2 aromatic rings. The zero-order chi connectivity index (χ0) is 28.5. The number of allylic oxidation sites excluding steroid dienone is 1. The van der Waals surface area contributed by atoms with Gasteiger partial charge in [-0.3, -0.25) is 9.59 Å². The summed E-state index contributed by atoms with van der Waals surface area (Å²) in [5, 5.41) is 5.07. The van der Waals surface area contributed by atoms with Crippen molar-refractivity contribution in [3.05, 3.63) is 90.8 Å². The smallest absolute Gasteiger partial charge is 0.331 e. The van der Waals surface area contributed by atoms with Gasteiger partial charge in [-0.25, -0.2) is 9.18 Å². The second-order valence-electron chi connectivity index (χ2n) is 8.36. The van der Waals surface area contributed by atoms with E-state index in [4.69, 9.17) is 18.9 Å². The van der Waals surface area contributed by atoms with Crippen LogP contribution in [0.25, 0.3) is 0 Å². The maximum Gasteiger partial charge on any atom is 0.331 e. The lowest BCUT2D eigenvalue weighted by Crippen LogP contribution is -2.54. The summed E-state index contributed by atoms with van der Waals surface area (Å²) in [6, 6.07) is 10.6. The number of halogens is 1. The number of unbranched alkanes of at least 4 members (excludes halogenated alkanes) is 1. The van der Waals surface area contributed by atoms with Crippen molar-refractivity contribution in [2.45, 2.75) is 31.5 Å². The van der Waals surface area contributed by atoms with E-state index in [1.54, 1.807) is 18.2 Å². The van der Waals surface area contributed by atoms with Crippen LogP contribution in [0.2, 0.25) is 0 Å². The van der Waals surface area contributed by atoms with Gasteiger partial charge in [0.05, 0.1) is 32.0 Å². The standard InChI is InChI=1S/C29H35FN2O7/c1-4-6-10-17-38-26-22(14-11-15-23(26)30)27(33)31-24(19-36-3)28(34)32-25(20-37-16-5-2)29(35)39-18-21-12-8-7-9-13-21/h4-5,7-9,11-15,24-25H,1-2,6,10,16-20H2,3H3,(H,31,33)(H,32,34)/t24-,25-/m0/s1. The molecule has 0 saturated heterocycles. The van der Waals surface area contributed by atoms with Crippen LogP contribution < -0.4 is 15.4 Å². The van der Waals surface area contributed by atoms with Gasteiger partial charge >= 0.3 is 5.97 Å². The largest absolute Gasteiger partial charge is 0.490 e. The molecule has 0 spiro atoms. The Labute approximate surface area is 228 Å². The Kier molecular flexibility index (Phi) is 14.0. The first-order valence-electron chi connectivity index (χ1n) is 12.4. The number of carbonyl (C=O) groups excluding carboxylic acids is 3. The lowest BCUT2D eigenvalue weighted by atomic mass is 10.1. The molecule has 10 heteroatoms. The van der Waals surface area contributed by atoms with E-state index in [1.165, 1.54) is 31.4 Å². The van der Waals surface area contributed by atoms with Gasteiger partial charge in [0, 0.05) is 7.11 Å². The minimum absolute atomic E-state index is 0.000878. The van der Waals surface area contributed by atoms with Crippen molar-refractivity contribution in [3.63, 3.8) is 0 Å². The highest BCUT2D eigenvalue weighted by molar-refractivity contribution is 6.00. The van der Waals surface area contributed by atoms with Crippen LogP contribution in [-0.4, -0.2) is 63.4 Å². The van der Waals surface area contributed by atoms with E-state index in [9.17, 15) is 18.8 Å². The fourth-order valence-electron chi connectivity index (χ4n) is 3.36. The van der Waals surface area contributed by atoms with Gasteiger partial charge in [0.1, 0.15) is 12.6 Å². The minimum Gasteiger partial charge on any atom is -0.490 e. The van der Waals surface area contributed by atoms with Gasteiger partial charge in [-0.15, -0.1) is 13.2 Å². The van der Waals surface area contributed by atoms with Crippen LogP contribution in [0.4, 0.5) is 4.39 Å². The monoisotopic (exact) mass is 542 g/mol. The number of para-hydroxylation sites is 1. The maximum absolute atomic E-state index is 14.5. The van der Waals surface area contributed by atoms with E-state index in [0.29, 0.717) is 12.8 Å². The summed E-state index contributed by atoms with van der Waals surface area (Å²) < 4.78 is 35.8. The fraction of sp³-hybridized carbons (Fsp3) is 0.345. The fourth-order valence-corrected chi connectivity index (χ4v) is 3.36. The first kappa shape index (κ1) is 31.2. The second kappa shape index (κ2) is 17.5. The summed E-state index contributed by atoms with van der Waals surface area (Å²) in [5.74, 6) is -3.14.